The van der Waals surface area contributed by atoms with E-state index in [0.717, 1.165) is 5.69 Å². The highest BCUT2D eigenvalue weighted by atomic mass is 16.3. The van der Waals surface area contributed by atoms with Gasteiger partial charge in [0.05, 0.1) is 0 Å². The molecule has 0 heterocycles. The van der Waals surface area contributed by atoms with Crippen LogP contribution in [0.1, 0.15) is 25.7 Å². The molecule has 2 atom stereocenters. The number of fused-ring (bicyclic) bond motifs is 1. The number of phenols is 1. The van der Waals surface area contributed by atoms with Crippen LogP contribution in [0.15, 0.2) is 24.3 Å². The zero-order valence-corrected chi connectivity index (χ0v) is 10.7. The largest absolute Gasteiger partial charge is 0.508 e. The van der Waals surface area contributed by atoms with Crippen molar-refractivity contribution >= 4 is 11.6 Å². The van der Waals surface area contributed by atoms with E-state index in [9.17, 15) is 9.90 Å². The van der Waals surface area contributed by atoms with Crippen LogP contribution in [-0.4, -0.2) is 18.1 Å². The number of amides is 1. The predicted molar refractivity (Wildman–Crippen MR) is 70.5 cm³/mol. The van der Waals surface area contributed by atoms with Gasteiger partial charge in [0.25, 0.3) is 0 Å². The number of anilines is 1. The average molecular weight is 245 g/mol. The minimum atomic E-state index is 0.236. The minimum absolute atomic E-state index is 0.236. The fraction of sp³-hybridized carbons (Fsp3) is 0.533. The van der Waals surface area contributed by atoms with Gasteiger partial charge in [-0.2, -0.15) is 0 Å². The lowest BCUT2D eigenvalue weighted by atomic mass is 10.0. The summed E-state index contributed by atoms with van der Waals surface area (Å²) >= 11 is 0. The maximum absolute atomic E-state index is 12.4. The van der Waals surface area contributed by atoms with Gasteiger partial charge in [-0.3, -0.25) is 4.79 Å². The molecule has 3 nitrogen and oxygen atoms in total. The lowest BCUT2D eigenvalue weighted by molar-refractivity contribution is -0.120. The van der Waals surface area contributed by atoms with E-state index in [1.807, 2.05) is 7.05 Å². The van der Waals surface area contributed by atoms with E-state index in [-0.39, 0.29) is 17.6 Å². The molecule has 3 heteroatoms. The zero-order valence-electron chi connectivity index (χ0n) is 10.7. The van der Waals surface area contributed by atoms with E-state index < -0.39 is 0 Å². The number of carbonyl (C=O) groups is 1. The first-order valence-electron chi connectivity index (χ1n) is 6.75. The van der Waals surface area contributed by atoms with Gasteiger partial charge in [-0.05, 0) is 48.9 Å². The van der Waals surface area contributed by atoms with E-state index in [4.69, 9.17) is 0 Å². The van der Waals surface area contributed by atoms with E-state index >= 15 is 0 Å². The average Bonchev–Trinajstić information content (AvgIpc) is 3.12. The lowest BCUT2D eigenvalue weighted by Gasteiger charge is -2.17. The number of benzene rings is 1. The molecule has 2 saturated carbocycles. The second-order valence-corrected chi connectivity index (χ2v) is 5.55. The molecule has 96 valence electrons. The Morgan fingerprint density at radius 1 is 1.17 bits per heavy atom. The van der Waals surface area contributed by atoms with Crippen LogP contribution in [0.25, 0.3) is 0 Å². The highest BCUT2D eigenvalue weighted by molar-refractivity contribution is 5.96. The summed E-state index contributed by atoms with van der Waals surface area (Å²) in [7, 11) is 1.83. The molecule has 0 aromatic heterocycles. The number of carbonyl (C=O) groups excluding carboxylic acids is 1. The third-order valence-corrected chi connectivity index (χ3v) is 4.51. The normalized spacial score (nSPS) is 29.5. The molecule has 0 radical (unpaired) electrons. The van der Waals surface area contributed by atoms with Gasteiger partial charge in [0.2, 0.25) is 5.91 Å². The first kappa shape index (κ1) is 11.6. The molecule has 0 aliphatic heterocycles. The Bertz CT molecular complexity index is 442. The molecule has 0 spiro atoms. The van der Waals surface area contributed by atoms with Crippen molar-refractivity contribution in [2.24, 2.45) is 17.8 Å². The van der Waals surface area contributed by atoms with Crippen molar-refractivity contribution < 1.29 is 9.90 Å². The Morgan fingerprint density at radius 3 is 2.28 bits per heavy atom. The van der Waals surface area contributed by atoms with Crippen LogP contribution < -0.4 is 4.90 Å². The SMILES string of the molecule is CN(C(=O)C1C2CCCCC21)c1ccc(O)cc1. The molecular formula is C15H19NO2. The molecule has 1 aromatic carbocycles. The van der Waals surface area contributed by atoms with E-state index in [1.165, 1.54) is 25.7 Å². The standard InChI is InChI=1S/C15H19NO2/c1-16(10-6-8-11(17)9-7-10)15(18)14-12-4-2-3-5-13(12)14/h6-9,12-14,17H,2-5H2,1H3. The number of hydrogen-bond acceptors (Lipinski definition) is 2. The van der Waals surface area contributed by atoms with Crippen LogP contribution >= 0.6 is 0 Å². The molecule has 2 aliphatic rings. The van der Waals surface area contributed by atoms with Gasteiger partial charge < -0.3 is 10.0 Å². The Balaban J connectivity index is 1.71. The Kier molecular flexibility index (Phi) is 2.77. The van der Waals surface area contributed by atoms with Gasteiger partial charge in [0, 0.05) is 18.7 Å². The number of rotatable bonds is 2. The fourth-order valence-electron chi connectivity index (χ4n) is 3.39. The second-order valence-electron chi connectivity index (χ2n) is 5.55. The predicted octanol–water partition coefficient (Wildman–Crippen LogP) is 2.79. The number of nitrogens with zero attached hydrogens (tertiary/aromatic N) is 1. The summed E-state index contributed by atoms with van der Waals surface area (Å²) < 4.78 is 0. The van der Waals surface area contributed by atoms with Gasteiger partial charge in [0.15, 0.2) is 0 Å². The van der Waals surface area contributed by atoms with Crippen LogP contribution in [0.4, 0.5) is 5.69 Å². The van der Waals surface area contributed by atoms with Gasteiger partial charge in [-0.25, -0.2) is 0 Å². The highest BCUT2D eigenvalue weighted by Crippen LogP contribution is 2.56. The van der Waals surface area contributed by atoms with Gasteiger partial charge >= 0.3 is 0 Å². The molecular weight excluding hydrogens is 226 g/mol. The fourth-order valence-corrected chi connectivity index (χ4v) is 3.39. The van der Waals surface area contributed by atoms with Crippen molar-refractivity contribution in [3.8, 4) is 5.75 Å². The molecule has 18 heavy (non-hydrogen) atoms. The Morgan fingerprint density at radius 2 is 1.72 bits per heavy atom. The third-order valence-electron chi connectivity index (χ3n) is 4.51. The molecule has 1 aromatic rings. The number of phenolic OH excluding ortho intramolecular Hbond substituents is 1. The summed E-state index contributed by atoms with van der Waals surface area (Å²) in [6.45, 7) is 0. The van der Waals surface area contributed by atoms with Gasteiger partial charge in [-0.1, -0.05) is 12.8 Å². The maximum atomic E-state index is 12.4. The summed E-state index contributed by atoms with van der Waals surface area (Å²) in [5.41, 5.74) is 0.862. The van der Waals surface area contributed by atoms with E-state index in [1.54, 1.807) is 29.2 Å². The van der Waals surface area contributed by atoms with Crippen LogP contribution in [0.3, 0.4) is 0 Å². The molecule has 2 aliphatic carbocycles. The quantitative estimate of drug-likeness (QED) is 0.870. The molecule has 0 bridgehead atoms. The highest BCUT2D eigenvalue weighted by Gasteiger charge is 2.55. The molecule has 1 amide bonds. The Labute approximate surface area is 107 Å². The Hall–Kier alpha value is -1.51. The summed E-state index contributed by atoms with van der Waals surface area (Å²) in [4.78, 5) is 14.2. The van der Waals surface area contributed by atoms with E-state index in [0.29, 0.717) is 11.8 Å². The zero-order chi connectivity index (χ0) is 12.7. The maximum Gasteiger partial charge on any atom is 0.230 e. The smallest absolute Gasteiger partial charge is 0.230 e. The topological polar surface area (TPSA) is 40.5 Å². The summed E-state index contributed by atoms with van der Waals surface area (Å²) in [6, 6.07) is 6.83. The number of hydrogen-bond donors (Lipinski definition) is 1. The summed E-state index contributed by atoms with van der Waals surface area (Å²) in [5, 5.41) is 9.26. The summed E-state index contributed by atoms with van der Waals surface area (Å²) in [6.07, 6.45) is 5.02. The van der Waals surface area contributed by atoms with Crippen molar-refractivity contribution in [3.63, 3.8) is 0 Å². The first-order valence-corrected chi connectivity index (χ1v) is 6.75. The summed E-state index contributed by atoms with van der Waals surface area (Å²) in [5.74, 6) is 2.03. The number of aromatic hydroxyl groups is 1. The van der Waals surface area contributed by atoms with Crippen molar-refractivity contribution in [2.45, 2.75) is 25.7 Å². The minimum Gasteiger partial charge on any atom is -0.508 e. The van der Waals surface area contributed by atoms with Gasteiger partial charge in [0.1, 0.15) is 5.75 Å². The van der Waals surface area contributed by atoms with Crippen LogP contribution in [-0.2, 0) is 4.79 Å². The lowest BCUT2D eigenvalue weighted by Crippen LogP contribution is -2.28. The molecule has 1 N–H and O–H groups in total. The monoisotopic (exact) mass is 245 g/mol. The van der Waals surface area contributed by atoms with Crippen molar-refractivity contribution in [3.05, 3.63) is 24.3 Å². The van der Waals surface area contributed by atoms with Gasteiger partial charge in [-0.15, -0.1) is 0 Å². The molecule has 2 fully saturated rings. The van der Waals surface area contributed by atoms with Crippen molar-refractivity contribution in [1.29, 1.82) is 0 Å². The van der Waals surface area contributed by atoms with Crippen molar-refractivity contribution in [1.82, 2.24) is 0 Å². The molecule has 0 saturated heterocycles. The first-order chi connectivity index (χ1) is 8.68. The van der Waals surface area contributed by atoms with Crippen molar-refractivity contribution in [2.75, 3.05) is 11.9 Å². The van der Waals surface area contributed by atoms with Crippen LogP contribution in [0, 0.1) is 17.8 Å². The van der Waals surface area contributed by atoms with Crippen LogP contribution in [0.5, 0.6) is 5.75 Å². The molecule has 3 rings (SSSR count). The second kappa shape index (κ2) is 4.30. The molecule has 2 unspecified atom stereocenters. The third kappa shape index (κ3) is 1.88. The van der Waals surface area contributed by atoms with E-state index in [2.05, 4.69) is 0 Å². The van der Waals surface area contributed by atoms with Crippen LogP contribution in [0.2, 0.25) is 0 Å².